The zero-order chi connectivity index (χ0) is 14.6. The van der Waals surface area contributed by atoms with Crippen LogP contribution in [0.3, 0.4) is 0 Å². The topological polar surface area (TPSA) is 61.4 Å². The zero-order valence-electron chi connectivity index (χ0n) is 12.7. The Labute approximate surface area is 116 Å². The minimum atomic E-state index is -0.260. The number of hydrogen-bond acceptors (Lipinski definition) is 3. The van der Waals surface area contributed by atoms with Gasteiger partial charge >= 0.3 is 0 Å². The fourth-order valence-corrected chi connectivity index (χ4v) is 2.42. The van der Waals surface area contributed by atoms with Crippen molar-refractivity contribution in [1.29, 1.82) is 0 Å². The van der Waals surface area contributed by atoms with Crippen molar-refractivity contribution in [2.24, 2.45) is 5.92 Å². The molecule has 0 bridgehead atoms. The maximum Gasteiger partial charge on any atom is 0.240 e. The third-order valence-corrected chi connectivity index (χ3v) is 3.24. The quantitative estimate of drug-likeness (QED) is 0.795. The summed E-state index contributed by atoms with van der Waals surface area (Å²) in [4.78, 5) is 25.6. The Morgan fingerprint density at radius 3 is 2.53 bits per heavy atom. The molecule has 110 valence electrons. The number of amides is 2. The Hall–Kier alpha value is -1.10. The summed E-state index contributed by atoms with van der Waals surface area (Å²) >= 11 is 0. The number of rotatable bonds is 3. The molecule has 19 heavy (non-hydrogen) atoms. The van der Waals surface area contributed by atoms with E-state index in [0.717, 1.165) is 19.4 Å². The maximum absolute atomic E-state index is 12.3. The molecule has 0 aliphatic carbocycles. The molecule has 0 saturated carbocycles. The highest BCUT2D eigenvalue weighted by Gasteiger charge is 2.28. The summed E-state index contributed by atoms with van der Waals surface area (Å²) < 4.78 is 0. The summed E-state index contributed by atoms with van der Waals surface area (Å²) in [5.41, 5.74) is -0.260. The van der Waals surface area contributed by atoms with Crippen LogP contribution in [0.15, 0.2) is 0 Å². The lowest BCUT2D eigenvalue weighted by molar-refractivity contribution is -0.139. The number of carbonyl (C=O) groups excluding carboxylic acids is 2. The molecular formula is C14H27N3O2. The molecule has 2 unspecified atom stereocenters. The van der Waals surface area contributed by atoms with Crippen molar-refractivity contribution in [2.45, 2.75) is 52.1 Å². The van der Waals surface area contributed by atoms with E-state index in [1.807, 2.05) is 20.8 Å². The molecule has 5 heteroatoms. The second-order valence-electron chi connectivity index (χ2n) is 6.57. The van der Waals surface area contributed by atoms with Crippen LogP contribution in [0.2, 0.25) is 0 Å². The Morgan fingerprint density at radius 1 is 1.37 bits per heavy atom. The largest absolute Gasteiger partial charge is 0.350 e. The van der Waals surface area contributed by atoms with Crippen LogP contribution in [-0.4, -0.2) is 48.4 Å². The summed E-state index contributed by atoms with van der Waals surface area (Å²) in [6.07, 6.45) is 1.71. The van der Waals surface area contributed by atoms with Crippen molar-refractivity contribution in [3.05, 3.63) is 0 Å². The van der Waals surface area contributed by atoms with E-state index >= 15 is 0 Å². The molecule has 0 aromatic carbocycles. The molecule has 0 spiro atoms. The maximum atomic E-state index is 12.3. The van der Waals surface area contributed by atoms with Crippen LogP contribution in [0.25, 0.3) is 0 Å². The minimum Gasteiger partial charge on any atom is -0.350 e. The highest BCUT2D eigenvalue weighted by atomic mass is 16.2. The van der Waals surface area contributed by atoms with Crippen LogP contribution < -0.4 is 10.6 Å². The Kier molecular flexibility index (Phi) is 5.35. The fourth-order valence-electron chi connectivity index (χ4n) is 2.42. The minimum absolute atomic E-state index is 0.0451. The lowest BCUT2D eigenvalue weighted by Gasteiger charge is -2.30. The third kappa shape index (κ3) is 5.59. The molecule has 1 rings (SSSR count). The average Bonchev–Trinajstić information content (AvgIpc) is 2.25. The van der Waals surface area contributed by atoms with Crippen molar-refractivity contribution in [1.82, 2.24) is 15.5 Å². The third-order valence-electron chi connectivity index (χ3n) is 3.24. The molecule has 2 N–H and O–H groups in total. The Morgan fingerprint density at radius 2 is 2.00 bits per heavy atom. The lowest BCUT2D eigenvalue weighted by atomic mass is 9.92. The first-order chi connectivity index (χ1) is 8.69. The van der Waals surface area contributed by atoms with Crippen molar-refractivity contribution in [3.63, 3.8) is 0 Å². The van der Waals surface area contributed by atoms with Crippen LogP contribution in [0.1, 0.15) is 40.5 Å². The van der Waals surface area contributed by atoms with Crippen LogP contribution in [0, 0.1) is 5.92 Å². The molecule has 1 fully saturated rings. The second-order valence-corrected chi connectivity index (χ2v) is 6.57. The van der Waals surface area contributed by atoms with Crippen LogP contribution >= 0.6 is 0 Å². The average molecular weight is 269 g/mol. The van der Waals surface area contributed by atoms with Gasteiger partial charge in [0.25, 0.3) is 0 Å². The second kappa shape index (κ2) is 6.37. The molecule has 2 atom stereocenters. The van der Waals surface area contributed by atoms with E-state index in [1.54, 1.807) is 11.9 Å². The SMILES string of the molecule is CC1CC(C(=O)N(C)CC(=O)NC(C)(C)C)CCN1. The summed E-state index contributed by atoms with van der Waals surface area (Å²) in [7, 11) is 1.71. The van der Waals surface area contributed by atoms with Gasteiger partial charge in [0.1, 0.15) is 0 Å². The molecule has 0 aromatic rings. The summed E-state index contributed by atoms with van der Waals surface area (Å²) in [5, 5.41) is 6.20. The number of nitrogens with zero attached hydrogens (tertiary/aromatic N) is 1. The van der Waals surface area contributed by atoms with E-state index in [2.05, 4.69) is 17.6 Å². The molecule has 1 aliphatic rings. The predicted molar refractivity (Wildman–Crippen MR) is 75.7 cm³/mol. The number of piperidine rings is 1. The summed E-state index contributed by atoms with van der Waals surface area (Å²) in [5.74, 6) is 0.0198. The van der Waals surface area contributed by atoms with Gasteiger partial charge in [0.05, 0.1) is 6.54 Å². The van der Waals surface area contributed by atoms with Gasteiger partial charge < -0.3 is 15.5 Å². The van der Waals surface area contributed by atoms with Gasteiger partial charge in [-0.05, 0) is 47.1 Å². The standard InChI is InChI=1S/C14H27N3O2/c1-10-8-11(6-7-15-10)13(19)17(5)9-12(18)16-14(2,3)4/h10-11,15H,6-9H2,1-5H3,(H,16,18). The van der Waals surface area contributed by atoms with Crippen molar-refractivity contribution < 1.29 is 9.59 Å². The Balaban J connectivity index is 2.46. The zero-order valence-corrected chi connectivity index (χ0v) is 12.7. The van der Waals surface area contributed by atoms with Crippen molar-refractivity contribution >= 4 is 11.8 Å². The fraction of sp³-hybridized carbons (Fsp3) is 0.857. The van der Waals surface area contributed by atoms with Gasteiger partial charge in [-0.15, -0.1) is 0 Å². The van der Waals surface area contributed by atoms with E-state index in [4.69, 9.17) is 0 Å². The Bertz CT molecular complexity index is 336. The smallest absolute Gasteiger partial charge is 0.240 e. The van der Waals surface area contributed by atoms with Crippen LogP contribution in [0.4, 0.5) is 0 Å². The summed E-state index contributed by atoms with van der Waals surface area (Å²) in [6.45, 7) is 8.89. The molecule has 0 radical (unpaired) electrons. The van der Waals surface area contributed by atoms with Gasteiger partial charge in [-0.1, -0.05) is 0 Å². The van der Waals surface area contributed by atoms with Gasteiger partial charge in [-0.2, -0.15) is 0 Å². The van der Waals surface area contributed by atoms with E-state index in [0.29, 0.717) is 6.04 Å². The number of carbonyl (C=O) groups is 2. The predicted octanol–water partition coefficient (Wildman–Crippen LogP) is 0.748. The molecule has 1 heterocycles. The number of hydrogen-bond donors (Lipinski definition) is 2. The van der Waals surface area contributed by atoms with Gasteiger partial charge in [-0.25, -0.2) is 0 Å². The van der Waals surface area contributed by atoms with Gasteiger partial charge in [0.2, 0.25) is 11.8 Å². The van der Waals surface area contributed by atoms with Gasteiger partial charge in [0, 0.05) is 24.5 Å². The monoisotopic (exact) mass is 269 g/mol. The lowest BCUT2D eigenvalue weighted by Crippen LogP contribution is -2.48. The highest BCUT2D eigenvalue weighted by Crippen LogP contribution is 2.18. The highest BCUT2D eigenvalue weighted by molar-refractivity contribution is 5.86. The molecule has 0 aromatic heterocycles. The van der Waals surface area contributed by atoms with Crippen LogP contribution in [0.5, 0.6) is 0 Å². The molecule has 1 aliphatic heterocycles. The first-order valence-electron chi connectivity index (χ1n) is 6.98. The molecule has 2 amide bonds. The van der Waals surface area contributed by atoms with E-state index in [-0.39, 0.29) is 29.8 Å². The molecule has 1 saturated heterocycles. The van der Waals surface area contributed by atoms with Gasteiger partial charge in [-0.3, -0.25) is 9.59 Å². The van der Waals surface area contributed by atoms with E-state index in [1.165, 1.54) is 0 Å². The first kappa shape index (κ1) is 16.0. The van der Waals surface area contributed by atoms with Crippen molar-refractivity contribution in [2.75, 3.05) is 20.1 Å². The first-order valence-corrected chi connectivity index (χ1v) is 6.98. The number of likely N-dealkylation sites (N-methyl/N-ethyl adjacent to an activating group) is 1. The number of nitrogens with one attached hydrogen (secondary N) is 2. The summed E-state index contributed by atoms with van der Waals surface area (Å²) in [6, 6.07) is 0.375. The normalized spacial score (nSPS) is 23.8. The van der Waals surface area contributed by atoms with E-state index < -0.39 is 0 Å². The van der Waals surface area contributed by atoms with Gasteiger partial charge in [0.15, 0.2) is 0 Å². The van der Waals surface area contributed by atoms with E-state index in [9.17, 15) is 9.59 Å². The molecule has 5 nitrogen and oxygen atoms in total. The molecular weight excluding hydrogens is 242 g/mol. The van der Waals surface area contributed by atoms with Crippen LogP contribution in [-0.2, 0) is 9.59 Å². The van der Waals surface area contributed by atoms with Crippen molar-refractivity contribution in [3.8, 4) is 0 Å².